The van der Waals surface area contributed by atoms with E-state index in [1.165, 1.54) is 12.0 Å². The summed E-state index contributed by atoms with van der Waals surface area (Å²) in [5, 5.41) is 3.45. The molecule has 60 heavy (non-hydrogen) atoms. The summed E-state index contributed by atoms with van der Waals surface area (Å²) < 4.78 is 13.9. The number of nitrogens with one attached hydrogen (secondary N) is 1. The molecule has 1 saturated heterocycles. The summed E-state index contributed by atoms with van der Waals surface area (Å²) >= 11 is 0. The number of ether oxygens (including phenoxy) is 2. The summed E-state index contributed by atoms with van der Waals surface area (Å²) in [5.41, 5.74) is 3.01. The summed E-state index contributed by atoms with van der Waals surface area (Å²) in [6.45, 7) is 18.7. The van der Waals surface area contributed by atoms with Crippen molar-refractivity contribution in [3.05, 3.63) is 108 Å². The van der Waals surface area contributed by atoms with E-state index < -0.39 is 11.2 Å². The summed E-state index contributed by atoms with van der Waals surface area (Å²) in [6, 6.07) is 21.1. The van der Waals surface area contributed by atoms with Gasteiger partial charge in [0.15, 0.2) is 12.4 Å². The molecule has 0 bridgehead atoms. The zero-order chi connectivity index (χ0) is 42.7. The second kappa shape index (κ2) is 20.3. The van der Waals surface area contributed by atoms with Crippen molar-refractivity contribution in [1.29, 1.82) is 0 Å². The number of aryl methyl sites for hydroxylation is 1. The highest BCUT2D eigenvalue weighted by molar-refractivity contribution is 5.69. The predicted molar refractivity (Wildman–Crippen MR) is 234 cm³/mol. The van der Waals surface area contributed by atoms with Crippen molar-refractivity contribution in [2.75, 3.05) is 49.5 Å². The number of carbonyl (C=O) groups excluding carboxylic acids is 2. The van der Waals surface area contributed by atoms with Crippen LogP contribution < -0.4 is 14.8 Å². The molecule has 2 fully saturated rings. The van der Waals surface area contributed by atoms with Gasteiger partial charge in [0.05, 0.1) is 12.4 Å². The Bertz CT molecular complexity index is 1920. The molecule has 2 aromatic carbocycles. The average molecular weight is 821 g/mol. The highest BCUT2D eigenvalue weighted by Gasteiger charge is 2.33. The van der Waals surface area contributed by atoms with E-state index in [9.17, 15) is 9.59 Å². The average Bonchev–Trinajstić information content (AvgIpc) is 3.21. The molecule has 6 rings (SSSR count). The number of hydrogen-bond acceptors (Lipinski definition) is 10. The molecule has 13 nitrogen and oxygen atoms in total. The number of rotatable bonds is 14. The van der Waals surface area contributed by atoms with Crippen LogP contribution in [0.15, 0.2) is 85.5 Å². The number of hydrogen-bond donors (Lipinski definition) is 1. The van der Waals surface area contributed by atoms with E-state index in [-0.39, 0.29) is 24.4 Å². The monoisotopic (exact) mass is 821 g/mol. The van der Waals surface area contributed by atoms with Crippen molar-refractivity contribution < 1.29 is 23.6 Å². The molecule has 2 aliphatic rings. The fraction of sp³-hybridized carbons (Fsp3) is 0.532. The molecule has 3 heterocycles. The van der Waals surface area contributed by atoms with Gasteiger partial charge in [-0.1, -0.05) is 73.9 Å². The number of benzene rings is 2. The van der Waals surface area contributed by atoms with Gasteiger partial charge in [0.25, 0.3) is 0 Å². The zero-order valence-corrected chi connectivity index (χ0v) is 36.8. The molecule has 1 saturated carbocycles. The number of anilines is 2. The standard InChI is InChI=1S/C47H66N9O4/c1-36-33-41(52-29-31-54(32-30-52)42(39-15-10-8-11-16-39)53-27-23-48-24-28-53)51-43(50-36)49-34-37-19-21-38(22-20-37)35-55(44(57)59-46(2,3)4)25-14-26-56(40-17-12-9-13-18-40)45(58)60-47(5,6)7/h8,10-11,15-16,19-24,27-28,33,40,42H,9,12-14,17-18,25-26,29-32,34-35H2,1-7H3,(H,49,50,51)/q+1. The molecule has 1 unspecified atom stereocenters. The first-order valence-electron chi connectivity index (χ1n) is 21.7. The second-order valence-electron chi connectivity index (χ2n) is 18.1. The van der Waals surface area contributed by atoms with Gasteiger partial charge in [-0.25, -0.2) is 19.5 Å². The molecule has 1 atom stereocenters. The molecule has 2 aromatic heterocycles. The fourth-order valence-electron chi connectivity index (χ4n) is 7.97. The van der Waals surface area contributed by atoms with Crippen LogP contribution >= 0.6 is 0 Å². The van der Waals surface area contributed by atoms with Crippen LogP contribution in [0.4, 0.5) is 21.4 Å². The molecule has 13 heteroatoms. The van der Waals surface area contributed by atoms with E-state index in [4.69, 9.17) is 19.4 Å². The van der Waals surface area contributed by atoms with E-state index in [2.05, 4.69) is 85.3 Å². The maximum Gasteiger partial charge on any atom is 0.410 e. The van der Waals surface area contributed by atoms with Gasteiger partial charge >= 0.3 is 12.2 Å². The van der Waals surface area contributed by atoms with Gasteiger partial charge in [-0.15, -0.1) is 0 Å². The van der Waals surface area contributed by atoms with Crippen molar-refractivity contribution in [3.63, 3.8) is 0 Å². The van der Waals surface area contributed by atoms with Crippen LogP contribution in [0.5, 0.6) is 0 Å². The molecule has 322 valence electrons. The van der Waals surface area contributed by atoms with E-state index in [0.29, 0.717) is 38.5 Å². The van der Waals surface area contributed by atoms with Gasteiger partial charge in [-0.05, 0) is 78.9 Å². The number of nitrogens with zero attached hydrogens (tertiary/aromatic N) is 8. The Morgan fingerprint density at radius 1 is 0.817 bits per heavy atom. The van der Waals surface area contributed by atoms with E-state index >= 15 is 0 Å². The molecular weight excluding hydrogens is 755 g/mol. The lowest BCUT2D eigenvalue weighted by atomic mass is 9.94. The third-order valence-corrected chi connectivity index (χ3v) is 10.8. The zero-order valence-electron chi connectivity index (χ0n) is 36.8. The lowest BCUT2D eigenvalue weighted by molar-refractivity contribution is -0.734. The van der Waals surface area contributed by atoms with Crippen molar-refractivity contribution >= 4 is 24.0 Å². The maximum absolute atomic E-state index is 13.5. The van der Waals surface area contributed by atoms with Gasteiger partial charge in [-0.2, -0.15) is 9.55 Å². The number of amides is 2. The lowest BCUT2D eigenvalue weighted by Crippen LogP contribution is -2.56. The van der Waals surface area contributed by atoms with Crippen LogP contribution in [0, 0.1) is 6.92 Å². The second-order valence-corrected chi connectivity index (χ2v) is 18.1. The van der Waals surface area contributed by atoms with Gasteiger partial charge in [0, 0.05) is 75.7 Å². The van der Waals surface area contributed by atoms with Crippen molar-refractivity contribution in [1.82, 2.24) is 29.7 Å². The summed E-state index contributed by atoms with van der Waals surface area (Å²) in [6.07, 6.45) is 13.2. The first-order valence-corrected chi connectivity index (χ1v) is 21.7. The van der Waals surface area contributed by atoms with Crippen LogP contribution in [0.25, 0.3) is 0 Å². The minimum atomic E-state index is -0.632. The van der Waals surface area contributed by atoms with E-state index in [0.717, 1.165) is 74.5 Å². The van der Waals surface area contributed by atoms with Crippen molar-refractivity contribution in [2.45, 2.75) is 123 Å². The largest absolute Gasteiger partial charge is 0.444 e. The molecular formula is C47H66N9O4+. The van der Waals surface area contributed by atoms with Gasteiger partial charge in [0.1, 0.15) is 17.0 Å². The normalized spacial score (nSPS) is 15.9. The van der Waals surface area contributed by atoms with E-state index in [1.807, 2.05) is 78.2 Å². The van der Waals surface area contributed by atoms with Crippen LogP contribution in [-0.4, -0.2) is 98.4 Å². The Kier molecular flexibility index (Phi) is 15.0. The third kappa shape index (κ3) is 13.1. The van der Waals surface area contributed by atoms with E-state index in [1.54, 1.807) is 4.90 Å². The Hall–Kier alpha value is -5.30. The molecule has 2 amide bonds. The molecule has 0 radical (unpaired) electrons. The fourth-order valence-corrected chi connectivity index (χ4v) is 7.97. The topological polar surface area (TPSA) is 120 Å². The molecule has 0 spiro atoms. The van der Waals surface area contributed by atoms with Crippen LogP contribution in [-0.2, 0) is 22.6 Å². The van der Waals surface area contributed by atoms with Gasteiger partial charge in [-0.3, -0.25) is 4.98 Å². The summed E-state index contributed by atoms with van der Waals surface area (Å²) in [7, 11) is 0. The first-order chi connectivity index (χ1) is 28.7. The predicted octanol–water partition coefficient (Wildman–Crippen LogP) is 8.15. The molecule has 1 N–H and O–H groups in total. The van der Waals surface area contributed by atoms with Crippen LogP contribution in [0.1, 0.15) is 109 Å². The quantitative estimate of drug-likeness (QED) is 0.125. The first kappa shape index (κ1) is 44.3. The smallest absolute Gasteiger partial charge is 0.410 e. The highest BCUT2D eigenvalue weighted by Crippen LogP contribution is 2.26. The number of aromatic nitrogens is 4. The minimum absolute atomic E-state index is 0.0835. The minimum Gasteiger partial charge on any atom is -0.444 e. The van der Waals surface area contributed by atoms with Crippen molar-refractivity contribution in [3.8, 4) is 0 Å². The van der Waals surface area contributed by atoms with Gasteiger partial charge < -0.3 is 29.5 Å². The Labute approximate surface area is 357 Å². The highest BCUT2D eigenvalue weighted by atomic mass is 16.6. The molecule has 1 aliphatic heterocycles. The number of carbonyl (C=O) groups is 2. The Morgan fingerprint density at radius 3 is 2.10 bits per heavy atom. The van der Waals surface area contributed by atoms with Crippen LogP contribution in [0.3, 0.4) is 0 Å². The molecule has 1 aliphatic carbocycles. The van der Waals surface area contributed by atoms with Gasteiger partial charge in [0.2, 0.25) is 12.1 Å². The lowest BCUT2D eigenvalue weighted by Gasteiger charge is -2.37. The number of piperazine rings is 1. The maximum atomic E-state index is 13.5. The Morgan fingerprint density at radius 2 is 1.45 bits per heavy atom. The Balaban J connectivity index is 1.05. The summed E-state index contributed by atoms with van der Waals surface area (Å²) in [4.78, 5) is 49.2. The SMILES string of the molecule is Cc1cc(N2CCN(C(c3ccccc3)[n+]3ccncc3)CC2)nc(NCc2ccc(CN(CCCN(C(=O)OC(C)(C)C)C3CCCCC3)C(=O)OC(C)(C)C)cc2)n1. The third-order valence-electron chi connectivity index (χ3n) is 10.8. The van der Waals surface area contributed by atoms with Crippen molar-refractivity contribution in [2.24, 2.45) is 0 Å². The van der Waals surface area contributed by atoms with Crippen LogP contribution in [0.2, 0.25) is 0 Å². The summed E-state index contributed by atoms with van der Waals surface area (Å²) in [5.74, 6) is 1.51. The molecule has 4 aromatic rings.